The summed E-state index contributed by atoms with van der Waals surface area (Å²) in [5, 5.41) is 2.33. The zero-order chi connectivity index (χ0) is 35.6. The van der Waals surface area contributed by atoms with Gasteiger partial charge in [0, 0.05) is 26.5 Å². The first kappa shape index (κ1) is 31.0. The van der Waals surface area contributed by atoms with E-state index in [-0.39, 0.29) is 0 Å². The van der Waals surface area contributed by atoms with Crippen LogP contribution in [0.25, 0.3) is 67.2 Å². The highest BCUT2D eigenvalue weighted by molar-refractivity contribution is 7.99. The number of fused-ring (bicyclic) bond motifs is 10. The summed E-state index contributed by atoms with van der Waals surface area (Å²) in [5.74, 6) is 1.94. The smallest absolute Gasteiger partial charge is 0.164 e. The molecule has 0 saturated heterocycles. The first-order valence-corrected chi connectivity index (χ1v) is 19.1. The molecule has 1 spiro atoms. The average Bonchev–Trinajstić information content (AvgIpc) is 3.54. The fourth-order valence-corrected chi connectivity index (χ4v) is 9.99. The summed E-state index contributed by atoms with van der Waals surface area (Å²) in [6.07, 6.45) is 0. The summed E-state index contributed by atoms with van der Waals surface area (Å²) in [7, 11) is 0. The molecule has 0 fully saturated rings. The van der Waals surface area contributed by atoms with Crippen LogP contribution in [0.2, 0.25) is 0 Å². The van der Waals surface area contributed by atoms with Gasteiger partial charge in [0.05, 0.1) is 5.41 Å². The summed E-state index contributed by atoms with van der Waals surface area (Å²) >= 11 is 1.87. The van der Waals surface area contributed by atoms with Crippen molar-refractivity contribution < 1.29 is 0 Å². The summed E-state index contributed by atoms with van der Waals surface area (Å²) < 4.78 is 0. The lowest BCUT2D eigenvalue weighted by Crippen LogP contribution is -2.32. The average molecular weight is 706 g/mol. The van der Waals surface area contributed by atoms with Gasteiger partial charge in [-0.2, -0.15) is 0 Å². The van der Waals surface area contributed by atoms with E-state index in [2.05, 4.69) is 170 Å². The maximum Gasteiger partial charge on any atom is 0.164 e. The van der Waals surface area contributed by atoms with Crippen LogP contribution in [0.4, 0.5) is 0 Å². The van der Waals surface area contributed by atoms with Crippen molar-refractivity contribution in [2.75, 3.05) is 0 Å². The molecule has 0 atom stereocenters. The number of benzene rings is 8. The van der Waals surface area contributed by atoms with E-state index >= 15 is 0 Å². The third-order valence-electron chi connectivity index (χ3n) is 11.0. The number of aromatic nitrogens is 3. The standard InChI is InChI=1S/C50H31N3S/c1-2-16-33(17-3-1)47-51-48(35-30-29-32-15-4-5-18-34(32)31-35)53-49(52-47)40-22-7-6-19-36(40)39-23-14-27-44-46(39)54-45-28-13-12-26-43(45)50(44)41-24-10-8-20-37(41)38-21-9-11-25-42(38)50/h1-31H. The van der Waals surface area contributed by atoms with Gasteiger partial charge in [0.15, 0.2) is 17.5 Å². The van der Waals surface area contributed by atoms with Crippen LogP contribution in [-0.4, -0.2) is 15.0 Å². The van der Waals surface area contributed by atoms with Gasteiger partial charge in [0.25, 0.3) is 0 Å². The van der Waals surface area contributed by atoms with Crippen LogP contribution in [0.1, 0.15) is 22.3 Å². The molecule has 0 saturated carbocycles. The van der Waals surface area contributed by atoms with Crippen molar-refractivity contribution in [3.05, 3.63) is 210 Å². The lowest BCUT2D eigenvalue weighted by Gasteiger charge is -2.40. The van der Waals surface area contributed by atoms with Crippen LogP contribution < -0.4 is 0 Å². The highest BCUT2D eigenvalue weighted by Gasteiger charge is 2.50. The second-order valence-corrected chi connectivity index (χ2v) is 15.0. The molecule has 1 aliphatic carbocycles. The van der Waals surface area contributed by atoms with Gasteiger partial charge in [0.2, 0.25) is 0 Å². The number of rotatable bonds is 4. The van der Waals surface area contributed by atoms with Crippen LogP contribution in [0, 0.1) is 0 Å². The predicted molar refractivity (Wildman–Crippen MR) is 221 cm³/mol. The Morgan fingerprint density at radius 3 is 1.63 bits per heavy atom. The molecular formula is C50H31N3S. The molecule has 2 aliphatic rings. The highest BCUT2D eigenvalue weighted by atomic mass is 32.2. The van der Waals surface area contributed by atoms with Crippen LogP contribution in [-0.2, 0) is 5.41 Å². The molecule has 1 aromatic heterocycles. The van der Waals surface area contributed by atoms with Crippen LogP contribution in [0.3, 0.4) is 0 Å². The Morgan fingerprint density at radius 1 is 0.333 bits per heavy atom. The van der Waals surface area contributed by atoms with Crippen molar-refractivity contribution in [3.8, 4) is 56.4 Å². The van der Waals surface area contributed by atoms with Gasteiger partial charge in [-0.3, -0.25) is 0 Å². The van der Waals surface area contributed by atoms with Gasteiger partial charge in [0.1, 0.15) is 0 Å². The minimum Gasteiger partial charge on any atom is -0.208 e. The molecule has 8 aromatic carbocycles. The molecule has 0 N–H and O–H groups in total. The van der Waals surface area contributed by atoms with Gasteiger partial charge in [-0.05, 0) is 67.4 Å². The molecule has 0 radical (unpaired) electrons. The van der Waals surface area contributed by atoms with Crippen LogP contribution in [0.15, 0.2) is 198 Å². The molecule has 0 amide bonds. The van der Waals surface area contributed by atoms with Crippen molar-refractivity contribution in [1.82, 2.24) is 15.0 Å². The summed E-state index contributed by atoms with van der Waals surface area (Å²) in [5.41, 5.74) is 12.6. The molecule has 11 rings (SSSR count). The van der Waals surface area contributed by atoms with Crippen LogP contribution >= 0.6 is 11.8 Å². The van der Waals surface area contributed by atoms with Gasteiger partial charge in [-0.15, -0.1) is 0 Å². The number of hydrogen-bond acceptors (Lipinski definition) is 4. The van der Waals surface area contributed by atoms with Gasteiger partial charge < -0.3 is 0 Å². The Kier molecular flexibility index (Phi) is 7.01. The molecule has 3 nitrogen and oxygen atoms in total. The number of hydrogen-bond donors (Lipinski definition) is 0. The molecular weight excluding hydrogens is 675 g/mol. The maximum atomic E-state index is 5.24. The first-order chi connectivity index (χ1) is 26.8. The molecule has 0 bridgehead atoms. The third kappa shape index (κ3) is 4.60. The predicted octanol–water partition coefficient (Wildman–Crippen LogP) is 12.5. The quantitative estimate of drug-likeness (QED) is 0.183. The molecule has 54 heavy (non-hydrogen) atoms. The van der Waals surface area contributed by atoms with E-state index in [1.54, 1.807) is 0 Å². The van der Waals surface area contributed by atoms with Crippen molar-refractivity contribution >= 4 is 22.5 Å². The molecule has 1 aliphatic heterocycles. The zero-order valence-corrected chi connectivity index (χ0v) is 30.0. The second kappa shape index (κ2) is 12.2. The SMILES string of the molecule is c1ccc(-c2nc(-c3ccc4ccccc4c3)nc(-c3ccccc3-c3cccc4c3Sc3ccccc3C43c4ccccc4-c4ccccc43)n2)cc1. The summed E-state index contributed by atoms with van der Waals surface area (Å²) in [6.45, 7) is 0. The normalized spacial score (nSPS) is 13.3. The minimum atomic E-state index is -0.452. The summed E-state index contributed by atoms with van der Waals surface area (Å²) in [6, 6.07) is 67.4. The van der Waals surface area contributed by atoms with Crippen molar-refractivity contribution in [3.63, 3.8) is 0 Å². The molecule has 4 heteroatoms. The Balaban J connectivity index is 1.15. The Hall–Kier alpha value is -6.62. The fraction of sp³-hybridized carbons (Fsp3) is 0.0200. The topological polar surface area (TPSA) is 38.7 Å². The fourth-order valence-electron chi connectivity index (χ4n) is 8.67. The second-order valence-electron chi connectivity index (χ2n) is 13.9. The Bertz CT molecular complexity index is 2890. The van der Waals surface area contributed by atoms with E-state index in [1.807, 2.05) is 30.0 Å². The monoisotopic (exact) mass is 705 g/mol. The van der Waals surface area contributed by atoms with Crippen molar-refractivity contribution in [2.45, 2.75) is 15.2 Å². The van der Waals surface area contributed by atoms with Crippen molar-refractivity contribution in [2.24, 2.45) is 0 Å². The van der Waals surface area contributed by atoms with E-state index in [0.717, 1.165) is 33.2 Å². The van der Waals surface area contributed by atoms with E-state index in [4.69, 9.17) is 15.0 Å². The molecule has 252 valence electrons. The highest BCUT2D eigenvalue weighted by Crippen LogP contribution is 2.63. The molecule has 0 unspecified atom stereocenters. The lowest BCUT2D eigenvalue weighted by atomic mass is 9.67. The summed E-state index contributed by atoms with van der Waals surface area (Å²) in [4.78, 5) is 18.0. The van der Waals surface area contributed by atoms with E-state index in [1.165, 1.54) is 48.6 Å². The van der Waals surface area contributed by atoms with E-state index in [0.29, 0.717) is 17.5 Å². The Labute approximate surface area is 318 Å². The number of nitrogens with zero attached hydrogens (tertiary/aromatic N) is 3. The van der Waals surface area contributed by atoms with Gasteiger partial charge in [-0.1, -0.05) is 188 Å². The van der Waals surface area contributed by atoms with Gasteiger partial charge in [-0.25, -0.2) is 15.0 Å². The van der Waals surface area contributed by atoms with E-state index < -0.39 is 5.41 Å². The molecule has 9 aromatic rings. The molecule has 2 heterocycles. The minimum absolute atomic E-state index is 0.452. The van der Waals surface area contributed by atoms with E-state index in [9.17, 15) is 0 Å². The Morgan fingerprint density at radius 2 is 0.870 bits per heavy atom. The maximum absolute atomic E-state index is 5.24. The lowest BCUT2D eigenvalue weighted by molar-refractivity contribution is 0.723. The third-order valence-corrected chi connectivity index (χ3v) is 12.2. The van der Waals surface area contributed by atoms with Crippen molar-refractivity contribution in [1.29, 1.82) is 0 Å². The van der Waals surface area contributed by atoms with Crippen LogP contribution in [0.5, 0.6) is 0 Å². The van der Waals surface area contributed by atoms with Gasteiger partial charge >= 0.3 is 0 Å². The largest absolute Gasteiger partial charge is 0.208 e. The first-order valence-electron chi connectivity index (χ1n) is 18.3. The zero-order valence-electron chi connectivity index (χ0n) is 29.1.